The number of imidazole rings is 1. The predicted molar refractivity (Wildman–Crippen MR) is 124 cm³/mol. The Labute approximate surface area is 189 Å². The van der Waals surface area contributed by atoms with Gasteiger partial charge in [-0.05, 0) is 66.5 Å². The quantitative estimate of drug-likeness (QED) is 0.484. The van der Waals surface area contributed by atoms with E-state index in [0.29, 0.717) is 18.4 Å². The maximum atomic E-state index is 12.3. The zero-order valence-corrected chi connectivity index (χ0v) is 19.1. The molecule has 7 nitrogen and oxygen atoms in total. The number of aryl methyl sites for hydroxylation is 2. The summed E-state index contributed by atoms with van der Waals surface area (Å²) >= 11 is 0. The summed E-state index contributed by atoms with van der Waals surface area (Å²) < 4.78 is 34.6. The van der Waals surface area contributed by atoms with Gasteiger partial charge in [0.1, 0.15) is 12.4 Å². The Balaban J connectivity index is 1.42. The van der Waals surface area contributed by atoms with Crippen molar-refractivity contribution in [3.05, 3.63) is 77.7 Å². The van der Waals surface area contributed by atoms with Crippen LogP contribution in [0, 0.1) is 5.92 Å². The first-order valence-electron chi connectivity index (χ1n) is 10.9. The lowest BCUT2D eigenvalue weighted by atomic mass is 9.72. The topological polar surface area (TPSA) is 99.2 Å². The van der Waals surface area contributed by atoms with E-state index in [0.717, 1.165) is 25.0 Å². The van der Waals surface area contributed by atoms with E-state index in [1.54, 1.807) is 11.6 Å². The van der Waals surface area contributed by atoms with Crippen molar-refractivity contribution in [3.63, 3.8) is 0 Å². The van der Waals surface area contributed by atoms with Crippen molar-refractivity contribution in [2.24, 2.45) is 18.7 Å². The summed E-state index contributed by atoms with van der Waals surface area (Å²) in [7, 11) is -1.91. The van der Waals surface area contributed by atoms with Crippen LogP contribution in [0.4, 0.5) is 0 Å². The summed E-state index contributed by atoms with van der Waals surface area (Å²) in [5.74, 6) is 1.53. The highest BCUT2D eigenvalue weighted by molar-refractivity contribution is 7.89. The summed E-state index contributed by atoms with van der Waals surface area (Å²) in [6, 6.07) is 16.7. The van der Waals surface area contributed by atoms with Gasteiger partial charge in [0.15, 0.2) is 5.03 Å². The minimum atomic E-state index is -3.64. The fraction of sp³-hybridized carbons (Fsp3) is 0.375. The molecule has 0 aliphatic heterocycles. The van der Waals surface area contributed by atoms with Crippen LogP contribution >= 0.6 is 0 Å². The minimum absolute atomic E-state index is 0.00496. The minimum Gasteiger partial charge on any atom is -0.492 e. The molecular formula is C24H30N4O3S. The van der Waals surface area contributed by atoms with E-state index in [9.17, 15) is 8.42 Å². The van der Waals surface area contributed by atoms with Gasteiger partial charge in [0.25, 0.3) is 10.0 Å². The van der Waals surface area contributed by atoms with Crippen LogP contribution in [0.3, 0.4) is 0 Å². The van der Waals surface area contributed by atoms with Crippen LogP contribution in [-0.4, -0.2) is 37.7 Å². The highest BCUT2D eigenvalue weighted by Gasteiger charge is 2.29. The van der Waals surface area contributed by atoms with E-state index in [1.807, 2.05) is 12.1 Å². The molecule has 1 heterocycles. The highest BCUT2D eigenvalue weighted by Crippen LogP contribution is 2.39. The van der Waals surface area contributed by atoms with Crippen LogP contribution in [0.25, 0.3) is 0 Å². The van der Waals surface area contributed by atoms with Crippen molar-refractivity contribution in [2.45, 2.75) is 30.2 Å². The maximum Gasteiger partial charge on any atom is 0.259 e. The lowest BCUT2D eigenvalue weighted by molar-refractivity contribution is 0.319. The number of hydrogen-bond donors (Lipinski definition) is 2. The molecular weight excluding hydrogens is 424 g/mol. The molecule has 4 rings (SSSR count). The van der Waals surface area contributed by atoms with Gasteiger partial charge < -0.3 is 15.0 Å². The van der Waals surface area contributed by atoms with E-state index in [1.165, 1.54) is 29.2 Å². The van der Waals surface area contributed by atoms with Crippen LogP contribution < -0.4 is 15.2 Å². The monoisotopic (exact) mass is 454 g/mol. The lowest BCUT2D eigenvalue weighted by Gasteiger charge is -2.33. The first-order valence-corrected chi connectivity index (χ1v) is 12.4. The average Bonchev–Trinajstić information content (AvgIpc) is 3.25. The Hall–Kier alpha value is -2.68. The van der Waals surface area contributed by atoms with Crippen molar-refractivity contribution in [1.82, 2.24) is 14.3 Å². The fourth-order valence-corrected chi connectivity index (χ4v) is 5.40. The zero-order chi connectivity index (χ0) is 22.6. The van der Waals surface area contributed by atoms with Crippen molar-refractivity contribution in [3.8, 4) is 5.75 Å². The highest BCUT2D eigenvalue weighted by atomic mass is 32.2. The van der Waals surface area contributed by atoms with Gasteiger partial charge in [-0.25, -0.2) is 18.1 Å². The Morgan fingerprint density at radius 3 is 2.75 bits per heavy atom. The molecule has 0 saturated carbocycles. The molecule has 1 aliphatic rings. The third-order valence-corrected chi connectivity index (χ3v) is 7.44. The largest absolute Gasteiger partial charge is 0.492 e. The van der Waals surface area contributed by atoms with Crippen LogP contribution in [0.15, 0.2) is 66.1 Å². The molecule has 0 amide bonds. The Morgan fingerprint density at radius 1 is 1.22 bits per heavy atom. The molecule has 32 heavy (non-hydrogen) atoms. The maximum absolute atomic E-state index is 12.3. The third kappa shape index (κ3) is 5.20. The van der Waals surface area contributed by atoms with Gasteiger partial charge in [-0.3, -0.25) is 0 Å². The Morgan fingerprint density at radius 2 is 2.03 bits per heavy atom. The molecule has 0 saturated heterocycles. The van der Waals surface area contributed by atoms with Crippen LogP contribution in [0.2, 0.25) is 0 Å². The third-order valence-electron chi connectivity index (χ3n) is 6.09. The van der Waals surface area contributed by atoms with Crippen molar-refractivity contribution >= 4 is 10.0 Å². The molecule has 2 atom stereocenters. The molecule has 3 aromatic rings. The number of nitrogens with one attached hydrogen (secondary N) is 1. The summed E-state index contributed by atoms with van der Waals surface area (Å²) in [5, 5.41) is 0.00496. The number of nitrogens with zero attached hydrogens (tertiary/aromatic N) is 2. The second-order valence-electron chi connectivity index (χ2n) is 8.31. The molecule has 0 spiro atoms. The molecule has 1 aromatic heterocycles. The van der Waals surface area contributed by atoms with Gasteiger partial charge in [0.2, 0.25) is 0 Å². The van der Waals surface area contributed by atoms with E-state index in [-0.39, 0.29) is 18.2 Å². The standard InChI is InChI=1S/C24H30N4O3S/c1-28-16-24(26-17-28)32(29,30)27-11-12-31-21-10-9-19-7-8-20(15-25)22(23(19)14-21)13-18-5-3-2-4-6-18/h2-6,9-10,14,16-17,20,22,27H,7-8,11-13,15,25H2,1H3/t20-,22+/m0/s1. The van der Waals surface area contributed by atoms with Gasteiger partial charge in [-0.1, -0.05) is 36.4 Å². The molecule has 170 valence electrons. The second kappa shape index (κ2) is 9.85. The second-order valence-corrected chi connectivity index (χ2v) is 10.0. The smallest absolute Gasteiger partial charge is 0.259 e. The van der Waals surface area contributed by atoms with E-state index in [2.05, 4.69) is 46.1 Å². The number of rotatable bonds is 9. The SMILES string of the molecule is Cn1cnc(S(=O)(=O)NCCOc2ccc3c(c2)[C@H](Cc2ccccc2)[C@H](CN)CC3)c1. The summed E-state index contributed by atoms with van der Waals surface area (Å²) in [6.45, 7) is 1.06. The number of nitrogens with two attached hydrogens (primary N) is 1. The van der Waals surface area contributed by atoms with E-state index >= 15 is 0 Å². The number of sulfonamides is 1. The van der Waals surface area contributed by atoms with Crippen molar-refractivity contribution in [1.29, 1.82) is 0 Å². The Kier molecular flexibility index (Phi) is 6.93. The predicted octanol–water partition coefficient (Wildman–Crippen LogP) is 2.62. The summed E-state index contributed by atoms with van der Waals surface area (Å²) in [5.41, 5.74) is 10.1. The molecule has 2 aromatic carbocycles. The molecule has 0 fully saturated rings. The molecule has 3 N–H and O–H groups in total. The molecule has 8 heteroatoms. The van der Waals surface area contributed by atoms with Gasteiger partial charge >= 0.3 is 0 Å². The van der Waals surface area contributed by atoms with Crippen molar-refractivity contribution in [2.75, 3.05) is 19.7 Å². The van der Waals surface area contributed by atoms with E-state index in [4.69, 9.17) is 10.5 Å². The molecule has 0 bridgehead atoms. The first-order chi connectivity index (χ1) is 15.5. The Bertz CT molecular complexity index is 1150. The summed E-state index contributed by atoms with van der Waals surface area (Å²) in [4.78, 5) is 3.89. The van der Waals surface area contributed by atoms with Crippen LogP contribution in [0.1, 0.15) is 29.0 Å². The zero-order valence-electron chi connectivity index (χ0n) is 18.3. The molecule has 1 aliphatic carbocycles. The van der Waals surface area contributed by atoms with Gasteiger partial charge in [-0.15, -0.1) is 0 Å². The molecule has 0 radical (unpaired) electrons. The number of ether oxygens (including phenoxy) is 1. The van der Waals surface area contributed by atoms with Crippen molar-refractivity contribution < 1.29 is 13.2 Å². The van der Waals surface area contributed by atoms with Gasteiger partial charge in [-0.2, -0.15) is 0 Å². The van der Waals surface area contributed by atoms with Gasteiger partial charge in [0, 0.05) is 19.8 Å². The van der Waals surface area contributed by atoms with Crippen LogP contribution in [0.5, 0.6) is 5.75 Å². The van der Waals surface area contributed by atoms with Crippen LogP contribution in [-0.2, 0) is 29.9 Å². The lowest BCUT2D eigenvalue weighted by Crippen LogP contribution is -2.29. The van der Waals surface area contributed by atoms with Gasteiger partial charge in [0.05, 0.1) is 6.33 Å². The number of fused-ring (bicyclic) bond motifs is 1. The number of benzene rings is 2. The average molecular weight is 455 g/mol. The number of hydrogen-bond acceptors (Lipinski definition) is 5. The number of aromatic nitrogens is 2. The fourth-order valence-electron chi connectivity index (χ4n) is 4.40. The first kappa shape index (κ1) is 22.5. The normalized spacial score (nSPS) is 18.3. The van der Waals surface area contributed by atoms with E-state index < -0.39 is 10.0 Å². The summed E-state index contributed by atoms with van der Waals surface area (Å²) in [6.07, 6.45) is 5.98. The molecule has 0 unspecified atom stereocenters.